The van der Waals surface area contributed by atoms with Crippen molar-refractivity contribution in [3.8, 4) is 0 Å². The zero-order valence-electron chi connectivity index (χ0n) is 8.40. The van der Waals surface area contributed by atoms with E-state index in [-0.39, 0.29) is 4.90 Å². The van der Waals surface area contributed by atoms with Crippen LogP contribution in [0.25, 0.3) is 0 Å². The number of hydrogen-bond donors (Lipinski definition) is 1. The van der Waals surface area contributed by atoms with Crippen molar-refractivity contribution in [2.24, 2.45) is 11.1 Å². The molecule has 0 radical (unpaired) electrons. The predicted molar refractivity (Wildman–Crippen MR) is 56.4 cm³/mol. The molecule has 0 saturated heterocycles. The largest absolute Gasteiger partial charge is 0.238 e. The SMILES string of the molecule is CC(C)Cc1ccc(S(N)(=O)=O)cc1. The van der Waals surface area contributed by atoms with Gasteiger partial charge in [-0.15, -0.1) is 0 Å². The van der Waals surface area contributed by atoms with E-state index in [1.807, 2.05) is 0 Å². The highest BCUT2D eigenvalue weighted by molar-refractivity contribution is 7.89. The molecule has 3 nitrogen and oxygen atoms in total. The molecule has 1 aromatic carbocycles. The summed E-state index contributed by atoms with van der Waals surface area (Å²) in [6.45, 7) is 4.24. The summed E-state index contributed by atoms with van der Waals surface area (Å²) in [6.07, 6.45) is 0.949. The molecule has 14 heavy (non-hydrogen) atoms. The Balaban J connectivity index is 2.90. The molecule has 0 bridgehead atoms. The average molecular weight is 213 g/mol. The van der Waals surface area contributed by atoms with Crippen molar-refractivity contribution in [3.63, 3.8) is 0 Å². The fourth-order valence-electron chi connectivity index (χ4n) is 1.29. The number of primary sulfonamides is 1. The van der Waals surface area contributed by atoms with Crippen LogP contribution in [0, 0.1) is 5.92 Å². The molecule has 1 rings (SSSR count). The van der Waals surface area contributed by atoms with Gasteiger partial charge < -0.3 is 0 Å². The highest BCUT2D eigenvalue weighted by Gasteiger charge is 2.06. The van der Waals surface area contributed by atoms with Gasteiger partial charge in [-0.25, -0.2) is 13.6 Å². The van der Waals surface area contributed by atoms with E-state index in [0.29, 0.717) is 5.92 Å². The molecule has 0 saturated carbocycles. The van der Waals surface area contributed by atoms with Crippen molar-refractivity contribution >= 4 is 10.0 Å². The quantitative estimate of drug-likeness (QED) is 0.827. The van der Waals surface area contributed by atoms with Gasteiger partial charge in [0.2, 0.25) is 10.0 Å². The van der Waals surface area contributed by atoms with E-state index in [1.165, 1.54) is 0 Å². The van der Waals surface area contributed by atoms with Gasteiger partial charge in [0.1, 0.15) is 0 Å². The van der Waals surface area contributed by atoms with Crippen LogP contribution in [0.2, 0.25) is 0 Å². The summed E-state index contributed by atoms with van der Waals surface area (Å²) in [7, 11) is -3.55. The number of rotatable bonds is 3. The molecule has 0 aliphatic carbocycles. The Morgan fingerprint density at radius 3 is 2.07 bits per heavy atom. The van der Waals surface area contributed by atoms with Crippen LogP contribution in [0.1, 0.15) is 19.4 Å². The second kappa shape index (κ2) is 4.11. The third kappa shape index (κ3) is 3.12. The van der Waals surface area contributed by atoms with Crippen LogP contribution >= 0.6 is 0 Å². The minimum Gasteiger partial charge on any atom is -0.225 e. The summed E-state index contributed by atoms with van der Waals surface area (Å²) in [4.78, 5) is 0.171. The molecule has 0 aromatic heterocycles. The molecule has 0 fully saturated rings. The van der Waals surface area contributed by atoms with E-state index >= 15 is 0 Å². The molecule has 0 heterocycles. The smallest absolute Gasteiger partial charge is 0.225 e. The first kappa shape index (κ1) is 11.2. The van der Waals surface area contributed by atoms with Gasteiger partial charge in [-0.2, -0.15) is 0 Å². The molecule has 2 N–H and O–H groups in total. The van der Waals surface area contributed by atoms with Crippen LogP contribution < -0.4 is 5.14 Å². The summed E-state index contributed by atoms with van der Waals surface area (Å²) >= 11 is 0. The Bertz CT molecular complexity index is 393. The normalized spacial score (nSPS) is 12.0. The van der Waals surface area contributed by atoms with Crippen molar-refractivity contribution in [3.05, 3.63) is 29.8 Å². The maximum atomic E-state index is 10.9. The lowest BCUT2D eigenvalue weighted by atomic mass is 10.0. The summed E-state index contributed by atoms with van der Waals surface area (Å²) in [5.41, 5.74) is 1.13. The maximum Gasteiger partial charge on any atom is 0.238 e. The van der Waals surface area contributed by atoms with Crippen LogP contribution in [0.3, 0.4) is 0 Å². The van der Waals surface area contributed by atoms with Gasteiger partial charge in [0, 0.05) is 0 Å². The standard InChI is InChI=1S/C10H15NO2S/c1-8(2)7-9-3-5-10(6-4-9)14(11,12)13/h3-6,8H,7H2,1-2H3,(H2,11,12,13). The van der Waals surface area contributed by atoms with E-state index in [0.717, 1.165) is 12.0 Å². The molecule has 0 spiro atoms. The van der Waals surface area contributed by atoms with E-state index in [4.69, 9.17) is 5.14 Å². The molecule has 0 amide bonds. The third-order valence-electron chi connectivity index (χ3n) is 1.90. The minimum atomic E-state index is -3.55. The summed E-state index contributed by atoms with van der Waals surface area (Å²) in [6, 6.07) is 6.71. The number of hydrogen-bond acceptors (Lipinski definition) is 2. The van der Waals surface area contributed by atoms with Gasteiger partial charge in [-0.1, -0.05) is 26.0 Å². The van der Waals surface area contributed by atoms with Crippen LogP contribution in [0.4, 0.5) is 0 Å². The highest BCUT2D eigenvalue weighted by Crippen LogP contribution is 2.12. The lowest BCUT2D eigenvalue weighted by molar-refractivity contribution is 0.597. The van der Waals surface area contributed by atoms with Gasteiger partial charge in [0.05, 0.1) is 4.90 Å². The molecular formula is C10H15NO2S. The van der Waals surface area contributed by atoms with E-state index in [9.17, 15) is 8.42 Å². The first-order valence-corrected chi connectivity index (χ1v) is 6.06. The lowest BCUT2D eigenvalue weighted by Crippen LogP contribution is -2.11. The van der Waals surface area contributed by atoms with Crippen molar-refractivity contribution < 1.29 is 8.42 Å². The first-order chi connectivity index (χ1) is 6.39. The minimum absolute atomic E-state index is 0.171. The Morgan fingerprint density at radius 1 is 1.21 bits per heavy atom. The van der Waals surface area contributed by atoms with Crippen molar-refractivity contribution in [2.45, 2.75) is 25.2 Å². The van der Waals surface area contributed by atoms with Gasteiger partial charge in [-0.05, 0) is 30.0 Å². The Labute approximate surface area is 85.0 Å². The molecular weight excluding hydrogens is 198 g/mol. The zero-order valence-corrected chi connectivity index (χ0v) is 9.21. The number of benzene rings is 1. The Hall–Kier alpha value is -0.870. The van der Waals surface area contributed by atoms with Crippen LogP contribution in [0.5, 0.6) is 0 Å². The topological polar surface area (TPSA) is 60.2 Å². The fraction of sp³-hybridized carbons (Fsp3) is 0.400. The molecule has 78 valence electrons. The van der Waals surface area contributed by atoms with Crippen LogP contribution in [-0.2, 0) is 16.4 Å². The third-order valence-corrected chi connectivity index (χ3v) is 2.83. The van der Waals surface area contributed by atoms with Gasteiger partial charge in [0.15, 0.2) is 0 Å². The fourth-order valence-corrected chi connectivity index (χ4v) is 1.80. The highest BCUT2D eigenvalue weighted by atomic mass is 32.2. The Morgan fingerprint density at radius 2 is 1.71 bits per heavy atom. The monoisotopic (exact) mass is 213 g/mol. The molecule has 0 unspecified atom stereocenters. The number of nitrogens with two attached hydrogens (primary N) is 1. The Kier molecular flexibility index (Phi) is 3.29. The summed E-state index contributed by atoms with van der Waals surface area (Å²) < 4.78 is 21.9. The van der Waals surface area contributed by atoms with E-state index < -0.39 is 10.0 Å². The first-order valence-electron chi connectivity index (χ1n) is 4.51. The van der Waals surface area contributed by atoms with Gasteiger partial charge in [-0.3, -0.25) is 0 Å². The second-order valence-corrected chi connectivity index (χ2v) is 5.35. The average Bonchev–Trinajstić information content (AvgIpc) is 2.02. The van der Waals surface area contributed by atoms with E-state index in [1.54, 1.807) is 24.3 Å². The molecule has 1 aromatic rings. The van der Waals surface area contributed by atoms with Crippen LogP contribution in [0.15, 0.2) is 29.2 Å². The number of sulfonamides is 1. The maximum absolute atomic E-state index is 10.9. The zero-order chi connectivity index (χ0) is 10.8. The van der Waals surface area contributed by atoms with Crippen molar-refractivity contribution in [1.29, 1.82) is 0 Å². The second-order valence-electron chi connectivity index (χ2n) is 3.79. The van der Waals surface area contributed by atoms with E-state index in [2.05, 4.69) is 13.8 Å². The molecule has 0 aliphatic rings. The molecule has 0 aliphatic heterocycles. The van der Waals surface area contributed by atoms with Crippen LogP contribution in [-0.4, -0.2) is 8.42 Å². The van der Waals surface area contributed by atoms with Crippen molar-refractivity contribution in [1.82, 2.24) is 0 Å². The van der Waals surface area contributed by atoms with Crippen molar-refractivity contribution in [2.75, 3.05) is 0 Å². The van der Waals surface area contributed by atoms with Gasteiger partial charge >= 0.3 is 0 Å². The predicted octanol–water partition coefficient (Wildman–Crippen LogP) is 1.53. The summed E-state index contributed by atoms with van der Waals surface area (Å²) in [5.74, 6) is 0.565. The van der Waals surface area contributed by atoms with Gasteiger partial charge in [0.25, 0.3) is 0 Å². The lowest BCUT2D eigenvalue weighted by Gasteiger charge is -2.05. The molecule has 4 heteroatoms. The molecule has 0 atom stereocenters. The summed E-state index contributed by atoms with van der Waals surface area (Å²) in [5, 5.41) is 4.98.